The average Bonchev–Trinajstić information content (AvgIpc) is 2.17. The van der Waals surface area contributed by atoms with E-state index in [4.69, 9.17) is 5.73 Å². The van der Waals surface area contributed by atoms with E-state index in [0.29, 0.717) is 6.42 Å². The van der Waals surface area contributed by atoms with Crippen LogP contribution in [-0.2, 0) is 0 Å². The predicted molar refractivity (Wildman–Crippen MR) is 65.0 cm³/mol. The Bertz CT molecular complexity index is 435. The Morgan fingerprint density at radius 2 is 2.20 bits per heavy atom. The summed E-state index contributed by atoms with van der Waals surface area (Å²) >= 11 is 3.40. The van der Waals surface area contributed by atoms with E-state index in [2.05, 4.69) is 15.9 Å². The van der Waals surface area contributed by atoms with Gasteiger partial charge in [-0.15, -0.1) is 0 Å². The quantitative estimate of drug-likeness (QED) is 0.767. The van der Waals surface area contributed by atoms with E-state index in [1.807, 2.05) is 42.5 Å². The molecule has 0 amide bonds. The second-order valence-corrected chi connectivity index (χ2v) is 4.56. The average molecular weight is 266 g/mol. The lowest BCUT2D eigenvalue weighted by atomic mass is 9.90. The maximum atomic E-state index is 10.0. The molecule has 78 valence electrons. The third-order valence-corrected chi connectivity index (χ3v) is 2.92. The summed E-state index contributed by atoms with van der Waals surface area (Å²) in [5.41, 5.74) is 6.27. The van der Waals surface area contributed by atoms with Crippen molar-refractivity contribution in [3.63, 3.8) is 0 Å². The van der Waals surface area contributed by atoms with Gasteiger partial charge in [-0.1, -0.05) is 46.3 Å². The Labute approximate surface area is 97.2 Å². The summed E-state index contributed by atoms with van der Waals surface area (Å²) in [5.74, 6) is 0. The molecule has 15 heavy (non-hydrogen) atoms. The predicted octanol–water partition coefficient (Wildman–Crippen LogP) is 2.44. The van der Waals surface area contributed by atoms with Crippen LogP contribution in [0.15, 0.2) is 47.0 Å². The van der Waals surface area contributed by atoms with Crippen LogP contribution < -0.4 is 5.73 Å². The first-order chi connectivity index (χ1) is 7.09. The van der Waals surface area contributed by atoms with Crippen molar-refractivity contribution in [2.75, 3.05) is 0 Å². The normalized spacial score (nSPS) is 25.1. The number of hydrogen-bond donors (Lipinski definition) is 2. The molecular weight excluding hydrogens is 254 g/mol. The van der Waals surface area contributed by atoms with Gasteiger partial charge in [0.25, 0.3) is 0 Å². The maximum Gasteiger partial charge on any atom is 0.143 e. The third-order valence-electron chi connectivity index (χ3n) is 2.43. The van der Waals surface area contributed by atoms with Gasteiger partial charge in [0.2, 0.25) is 0 Å². The van der Waals surface area contributed by atoms with Crippen LogP contribution in [0.1, 0.15) is 12.0 Å². The van der Waals surface area contributed by atoms with Gasteiger partial charge in [0.1, 0.15) is 5.72 Å². The van der Waals surface area contributed by atoms with Gasteiger partial charge in [0.15, 0.2) is 0 Å². The SMILES string of the molecule is NC1(O)CC=CC=C1c1cccc(Br)c1. The molecule has 0 saturated heterocycles. The Morgan fingerprint density at radius 3 is 2.87 bits per heavy atom. The van der Waals surface area contributed by atoms with Crippen molar-refractivity contribution in [3.05, 3.63) is 52.5 Å². The van der Waals surface area contributed by atoms with Crippen LogP contribution in [0.4, 0.5) is 0 Å². The van der Waals surface area contributed by atoms with E-state index in [1.165, 1.54) is 0 Å². The molecule has 1 aromatic carbocycles. The van der Waals surface area contributed by atoms with Gasteiger partial charge in [-0.05, 0) is 17.7 Å². The Morgan fingerprint density at radius 1 is 1.40 bits per heavy atom. The van der Waals surface area contributed by atoms with E-state index in [-0.39, 0.29) is 0 Å². The number of halogens is 1. The fourth-order valence-electron chi connectivity index (χ4n) is 1.67. The van der Waals surface area contributed by atoms with E-state index in [0.717, 1.165) is 15.6 Å². The molecule has 0 heterocycles. The van der Waals surface area contributed by atoms with Gasteiger partial charge in [-0.2, -0.15) is 0 Å². The van der Waals surface area contributed by atoms with Crippen molar-refractivity contribution >= 4 is 21.5 Å². The van der Waals surface area contributed by atoms with Crippen LogP contribution in [0.25, 0.3) is 5.57 Å². The molecule has 3 N–H and O–H groups in total. The lowest BCUT2D eigenvalue weighted by Gasteiger charge is -2.27. The molecule has 1 atom stereocenters. The maximum absolute atomic E-state index is 10.0. The van der Waals surface area contributed by atoms with E-state index < -0.39 is 5.72 Å². The van der Waals surface area contributed by atoms with Crippen LogP contribution in [0.5, 0.6) is 0 Å². The summed E-state index contributed by atoms with van der Waals surface area (Å²) in [6.45, 7) is 0. The fourth-order valence-corrected chi connectivity index (χ4v) is 2.07. The molecule has 0 aliphatic heterocycles. The molecule has 0 radical (unpaired) electrons. The Balaban J connectivity index is 2.46. The lowest BCUT2D eigenvalue weighted by Crippen LogP contribution is -2.41. The zero-order valence-electron chi connectivity index (χ0n) is 8.15. The number of rotatable bonds is 1. The molecule has 1 aliphatic carbocycles. The minimum Gasteiger partial charge on any atom is -0.371 e. The zero-order chi connectivity index (χ0) is 10.9. The topological polar surface area (TPSA) is 46.2 Å². The molecule has 1 aromatic rings. The Hall–Kier alpha value is -0.900. The van der Waals surface area contributed by atoms with Crippen molar-refractivity contribution in [1.29, 1.82) is 0 Å². The number of benzene rings is 1. The molecule has 0 aromatic heterocycles. The van der Waals surface area contributed by atoms with Gasteiger partial charge in [-0.3, -0.25) is 5.73 Å². The lowest BCUT2D eigenvalue weighted by molar-refractivity contribution is 0.111. The smallest absolute Gasteiger partial charge is 0.143 e. The van der Waals surface area contributed by atoms with Crippen molar-refractivity contribution in [1.82, 2.24) is 0 Å². The van der Waals surface area contributed by atoms with Crippen LogP contribution in [0.2, 0.25) is 0 Å². The first-order valence-corrected chi connectivity index (χ1v) is 5.53. The van der Waals surface area contributed by atoms with Crippen molar-refractivity contribution in [2.45, 2.75) is 12.1 Å². The van der Waals surface area contributed by atoms with E-state index >= 15 is 0 Å². The number of hydrogen-bond acceptors (Lipinski definition) is 2. The molecule has 0 spiro atoms. The largest absolute Gasteiger partial charge is 0.371 e. The fraction of sp³-hybridized carbons (Fsp3) is 0.167. The highest BCUT2D eigenvalue weighted by Crippen LogP contribution is 2.30. The minimum absolute atomic E-state index is 0.450. The number of allylic oxidation sites excluding steroid dienone is 2. The summed E-state index contributed by atoms with van der Waals surface area (Å²) < 4.78 is 0.978. The third kappa shape index (κ3) is 2.20. The monoisotopic (exact) mass is 265 g/mol. The summed E-state index contributed by atoms with van der Waals surface area (Å²) in [7, 11) is 0. The molecule has 2 nitrogen and oxygen atoms in total. The van der Waals surface area contributed by atoms with Crippen molar-refractivity contribution in [3.8, 4) is 0 Å². The van der Waals surface area contributed by atoms with Crippen LogP contribution in [0.3, 0.4) is 0 Å². The second kappa shape index (κ2) is 3.93. The van der Waals surface area contributed by atoms with Gasteiger partial charge in [-0.25, -0.2) is 0 Å². The van der Waals surface area contributed by atoms with Gasteiger partial charge >= 0.3 is 0 Å². The molecule has 0 saturated carbocycles. The highest BCUT2D eigenvalue weighted by molar-refractivity contribution is 9.10. The highest BCUT2D eigenvalue weighted by atomic mass is 79.9. The first-order valence-electron chi connectivity index (χ1n) is 4.74. The summed E-state index contributed by atoms with van der Waals surface area (Å²) in [6.07, 6.45) is 6.08. The van der Waals surface area contributed by atoms with Gasteiger partial charge < -0.3 is 5.11 Å². The number of aliphatic hydroxyl groups is 1. The zero-order valence-corrected chi connectivity index (χ0v) is 9.74. The van der Waals surface area contributed by atoms with Crippen LogP contribution in [-0.4, -0.2) is 10.8 Å². The molecule has 1 aliphatic rings. The van der Waals surface area contributed by atoms with E-state index in [1.54, 1.807) is 0 Å². The highest BCUT2D eigenvalue weighted by Gasteiger charge is 2.27. The first kappa shape index (κ1) is 10.6. The molecule has 0 fully saturated rings. The summed E-state index contributed by atoms with van der Waals surface area (Å²) in [5, 5.41) is 10.0. The summed E-state index contributed by atoms with van der Waals surface area (Å²) in [6, 6.07) is 7.75. The van der Waals surface area contributed by atoms with Crippen LogP contribution in [0, 0.1) is 0 Å². The van der Waals surface area contributed by atoms with Crippen molar-refractivity contribution < 1.29 is 5.11 Å². The molecule has 1 unspecified atom stereocenters. The van der Waals surface area contributed by atoms with Gasteiger partial charge in [0.05, 0.1) is 0 Å². The van der Waals surface area contributed by atoms with E-state index in [9.17, 15) is 5.11 Å². The Kier molecular flexibility index (Phi) is 2.78. The van der Waals surface area contributed by atoms with Crippen molar-refractivity contribution in [2.24, 2.45) is 5.73 Å². The summed E-state index contributed by atoms with van der Waals surface area (Å²) in [4.78, 5) is 0. The number of nitrogens with two attached hydrogens (primary N) is 1. The second-order valence-electron chi connectivity index (χ2n) is 3.65. The molecule has 0 bridgehead atoms. The van der Waals surface area contributed by atoms with Crippen LogP contribution >= 0.6 is 15.9 Å². The molecule has 3 heteroatoms. The molecular formula is C12H12BrNO. The standard InChI is InChI=1S/C12H12BrNO/c13-10-5-3-4-9(8-10)11-6-1-2-7-12(11,14)15/h1-6,8,15H,7,14H2. The molecule has 2 rings (SSSR count). The minimum atomic E-state index is -1.25. The van der Waals surface area contributed by atoms with Gasteiger partial charge in [0, 0.05) is 16.5 Å².